The zero-order valence-electron chi connectivity index (χ0n) is 23.8. The number of aryl methyl sites for hydroxylation is 2. The largest absolute Gasteiger partial charge is 0.497 e. The van der Waals surface area contributed by atoms with Gasteiger partial charge in [-0.25, -0.2) is 4.68 Å². The van der Waals surface area contributed by atoms with Crippen molar-refractivity contribution in [3.8, 4) is 39.9 Å². The third-order valence-electron chi connectivity index (χ3n) is 7.70. The van der Waals surface area contributed by atoms with Crippen LogP contribution in [0.1, 0.15) is 27.2 Å². The number of amides is 1. The fraction of sp³-hybridized carbons (Fsp3) is 0.312. The van der Waals surface area contributed by atoms with Crippen LogP contribution in [0.2, 0.25) is 0 Å². The second-order valence-corrected chi connectivity index (χ2v) is 10.4. The van der Waals surface area contributed by atoms with Gasteiger partial charge < -0.3 is 23.8 Å². The molecular formula is C32H34N4O5. The van der Waals surface area contributed by atoms with Gasteiger partial charge in [-0.2, -0.15) is 5.10 Å². The van der Waals surface area contributed by atoms with Crippen LogP contribution in [0.25, 0.3) is 16.9 Å². The monoisotopic (exact) mass is 554 g/mol. The minimum absolute atomic E-state index is 0.0427. The molecule has 9 nitrogen and oxygen atoms in total. The first-order valence-corrected chi connectivity index (χ1v) is 13.7. The van der Waals surface area contributed by atoms with Crippen molar-refractivity contribution >= 4 is 5.91 Å². The van der Waals surface area contributed by atoms with Gasteiger partial charge in [-0.1, -0.05) is 23.8 Å². The smallest absolute Gasteiger partial charge is 0.272 e. The number of methoxy groups -OCH3 is 2. The van der Waals surface area contributed by atoms with Gasteiger partial charge in [0.05, 0.1) is 25.6 Å². The summed E-state index contributed by atoms with van der Waals surface area (Å²) < 4.78 is 23.8. The van der Waals surface area contributed by atoms with Crippen LogP contribution in [0.15, 0.2) is 60.7 Å². The predicted octanol–water partition coefficient (Wildman–Crippen LogP) is 4.86. The van der Waals surface area contributed by atoms with E-state index in [-0.39, 0.29) is 12.7 Å². The molecule has 0 atom stereocenters. The average molecular weight is 555 g/mol. The molecule has 1 aromatic heterocycles. The second kappa shape index (κ2) is 11.2. The summed E-state index contributed by atoms with van der Waals surface area (Å²) >= 11 is 0. The highest BCUT2D eigenvalue weighted by molar-refractivity contribution is 5.95. The third kappa shape index (κ3) is 5.32. The standard InChI is InChI=1S/C32H34N4O5/c1-21-5-9-27(22(2)15-21)36-28(18-26(33-36)25-8-7-24(38-3)17-30(25)39-4)32(37)35-13-11-34(12-14-35)19-23-6-10-29-31(16-23)41-20-40-29/h5-10,15-18H,11-14,19-20H2,1-4H3. The first-order chi connectivity index (χ1) is 19.9. The Morgan fingerprint density at radius 2 is 1.68 bits per heavy atom. The van der Waals surface area contributed by atoms with Crippen molar-refractivity contribution in [3.63, 3.8) is 0 Å². The number of hydrogen-bond donors (Lipinski definition) is 0. The lowest BCUT2D eigenvalue weighted by molar-refractivity contribution is 0.0619. The summed E-state index contributed by atoms with van der Waals surface area (Å²) in [5.41, 5.74) is 6.22. The van der Waals surface area contributed by atoms with Crippen LogP contribution in [-0.4, -0.2) is 72.7 Å². The van der Waals surface area contributed by atoms with Crippen LogP contribution in [0.4, 0.5) is 0 Å². The summed E-state index contributed by atoms with van der Waals surface area (Å²) in [6.07, 6.45) is 0. The SMILES string of the molecule is COc1ccc(-c2cc(C(=O)N3CCN(Cc4ccc5c(c4)OCO5)CC3)n(-c3ccc(C)cc3C)n2)c(OC)c1. The molecule has 0 N–H and O–H groups in total. The van der Waals surface area contributed by atoms with Gasteiger partial charge in [0.15, 0.2) is 11.5 Å². The van der Waals surface area contributed by atoms with E-state index in [1.807, 2.05) is 60.4 Å². The molecular weight excluding hydrogens is 520 g/mol. The van der Waals surface area contributed by atoms with Gasteiger partial charge in [0.25, 0.3) is 5.91 Å². The highest BCUT2D eigenvalue weighted by atomic mass is 16.7. The zero-order valence-corrected chi connectivity index (χ0v) is 23.8. The average Bonchev–Trinajstić information content (AvgIpc) is 3.64. The van der Waals surface area contributed by atoms with Crippen molar-refractivity contribution in [1.82, 2.24) is 19.6 Å². The molecule has 0 unspecified atom stereocenters. The molecule has 0 aliphatic carbocycles. The van der Waals surface area contributed by atoms with Crippen LogP contribution < -0.4 is 18.9 Å². The van der Waals surface area contributed by atoms with Gasteiger partial charge in [0, 0.05) is 44.4 Å². The van der Waals surface area contributed by atoms with Gasteiger partial charge in [-0.15, -0.1) is 0 Å². The lowest BCUT2D eigenvalue weighted by Crippen LogP contribution is -2.48. The Hall–Kier alpha value is -4.50. The van der Waals surface area contributed by atoms with E-state index in [0.29, 0.717) is 36.0 Å². The summed E-state index contributed by atoms with van der Waals surface area (Å²) in [4.78, 5) is 18.3. The summed E-state index contributed by atoms with van der Waals surface area (Å²) in [7, 11) is 3.24. The number of nitrogens with zero attached hydrogens (tertiary/aromatic N) is 4. The van der Waals surface area contributed by atoms with Crippen LogP contribution in [0.3, 0.4) is 0 Å². The number of carbonyl (C=O) groups excluding carboxylic acids is 1. The maximum atomic E-state index is 14.0. The fourth-order valence-electron chi connectivity index (χ4n) is 5.47. The van der Waals surface area contributed by atoms with E-state index < -0.39 is 0 Å². The third-order valence-corrected chi connectivity index (χ3v) is 7.70. The van der Waals surface area contributed by atoms with Crippen molar-refractivity contribution in [2.24, 2.45) is 0 Å². The Morgan fingerprint density at radius 3 is 2.44 bits per heavy atom. The molecule has 212 valence electrons. The van der Waals surface area contributed by atoms with Crippen molar-refractivity contribution in [3.05, 3.63) is 83.0 Å². The lowest BCUT2D eigenvalue weighted by Gasteiger charge is -2.34. The van der Waals surface area contributed by atoms with E-state index in [4.69, 9.17) is 24.0 Å². The zero-order chi connectivity index (χ0) is 28.5. The first-order valence-electron chi connectivity index (χ1n) is 13.7. The normalized spacial score (nSPS) is 14.8. The number of fused-ring (bicyclic) bond motifs is 1. The quantitative estimate of drug-likeness (QED) is 0.323. The summed E-state index contributed by atoms with van der Waals surface area (Å²) in [6, 6.07) is 19.7. The number of piperazine rings is 1. The molecule has 1 fully saturated rings. The summed E-state index contributed by atoms with van der Waals surface area (Å²) in [5, 5.41) is 4.94. The van der Waals surface area contributed by atoms with Crippen molar-refractivity contribution in [2.45, 2.75) is 20.4 Å². The lowest BCUT2D eigenvalue weighted by atomic mass is 10.1. The van der Waals surface area contributed by atoms with E-state index in [1.54, 1.807) is 18.9 Å². The van der Waals surface area contributed by atoms with E-state index >= 15 is 0 Å². The van der Waals surface area contributed by atoms with Crippen LogP contribution in [0, 0.1) is 13.8 Å². The maximum Gasteiger partial charge on any atom is 0.272 e. The molecule has 0 bridgehead atoms. The molecule has 41 heavy (non-hydrogen) atoms. The number of rotatable bonds is 7. The van der Waals surface area contributed by atoms with Gasteiger partial charge >= 0.3 is 0 Å². The number of hydrogen-bond acceptors (Lipinski definition) is 7. The Bertz CT molecular complexity index is 1590. The Morgan fingerprint density at radius 1 is 0.878 bits per heavy atom. The van der Waals surface area contributed by atoms with Gasteiger partial charge in [0.1, 0.15) is 17.2 Å². The van der Waals surface area contributed by atoms with Crippen molar-refractivity contribution in [2.75, 3.05) is 47.2 Å². The van der Waals surface area contributed by atoms with E-state index in [2.05, 4.69) is 24.0 Å². The predicted molar refractivity (Wildman–Crippen MR) is 155 cm³/mol. The molecule has 2 aliphatic rings. The van der Waals surface area contributed by atoms with Crippen LogP contribution in [-0.2, 0) is 6.54 Å². The topological polar surface area (TPSA) is 78.3 Å². The van der Waals surface area contributed by atoms with Gasteiger partial charge in [-0.05, 0) is 61.4 Å². The first kappa shape index (κ1) is 26.7. The Labute approximate surface area is 239 Å². The summed E-state index contributed by atoms with van der Waals surface area (Å²) in [6.45, 7) is 7.97. The molecule has 2 aliphatic heterocycles. The molecule has 9 heteroatoms. The van der Waals surface area contributed by atoms with E-state index in [9.17, 15) is 4.79 Å². The summed E-state index contributed by atoms with van der Waals surface area (Å²) in [5.74, 6) is 2.86. The van der Waals surface area contributed by atoms with Gasteiger partial charge in [-0.3, -0.25) is 9.69 Å². The van der Waals surface area contributed by atoms with E-state index in [0.717, 1.165) is 53.5 Å². The molecule has 0 spiro atoms. The molecule has 1 amide bonds. The van der Waals surface area contributed by atoms with Crippen molar-refractivity contribution < 1.29 is 23.7 Å². The fourth-order valence-corrected chi connectivity index (χ4v) is 5.47. The number of carbonyl (C=O) groups is 1. The molecule has 1 saturated heterocycles. The molecule has 3 heterocycles. The number of benzene rings is 3. The molecule has 6 rings (SSSR count). The molecule has 3 aromatic carbocycles. The van der Waals surface area contributed by atoms with Crippen LogP contribution in [0.5, 0.6) is 23.0 Å². The minimum atomic E-state index is -0.0427. The molecule has 0 radical (unpaired) electrons. The highest BCUT2D eigenvalue weighted by Crippen LogP contribution is 2.35. The maximum absolute atomic E-state index is 14.0. The number of aromatic nitrogens is 2. The number of ether oxygens (including phenoxy) is 4. The Balaban J connectivity index is 1.26. The molecule has 0 saturated carbocycles. The van der Waals surface area contributed by atoms with Crippen molar-refractivity contribution in [1.29, 1.82) is 0 Å². The highest BCUT2D eigenvalue weighted by Gasteiger charge is 2.28. The van der Waals surface area contributed by atoms with Gasteiger partial charge in [0.2, 0.25) is 6.79 Å². The van der Waals surface area contributed by atoms with E-state index in [1.165, 1.54) is 5.56 Å². The van der Waals surface area contributed by atoms with Crippen LogP contribution >= 0.6 is 0 Å². The minimum Gasteiger partial charge on any atom is -0.497 e. The molecule has 4 aromatic rings. The second-order valence-electron chi connectivity index (χ2n) is 10.4. The Kier molecular flexibility index (Phi) is 7.28.